The van der Waals surface area contributed by atoms with Crippen LogP contribution in [0.25, 0.3) is 0 Å². The Morgan fingerprint density at radius 1 is 1.06 bits per heavy atom. The zero-order valence-electron chi connectivity index (χ0n) is 19.7. The van der Waals surface area contributed by atoms with Gasteiger partial charge in [-0.3, -0.25) is 4.79 Å². The summed E-state index contributed by atoms with van der Waals surface area (Å²) in [5.41, 5.74) is 2.45. The van der Waals surface area contributed by atoms with Crippen LogP contribution in [0.1, 0.15) is 37.8 Å². The molecule has 0 aliphatic carbocycles. The molecule has 2 aromatic carbocycles. The van der Waals surface area contributed by atoms with E-state index in [2.05, 4.69) is 35.4 Å². The minimum Gasteiger partial charge on any atom is -0.481 e. The Bertz CT molecular complexity index is 991. The van der Waals surface area contributed by atoms with Gasteiger partial charge in [0.15, 0.2) is 0 Å². The molecule has 1 atom stereocenters. The Morgan fingerprint density at radius 3 is 2.44 bits per heavy atom. The second kappa shape index (κ2) is 12.4. The maximum absolute atomic E-state index is 12.6. The molecule has 1 aliphatic heterocycles. The summed E-state index contributed by atoms with van der Waals surface area (Å²) in [6, 6.07) is 12.5. The molecule has 3 N–H and O–H groups in total. The number of rotatable bonds is 9. The number of carboxylic acid groups (broad SMARTS) is 1. The van der Waals surface area contributed by atoms with Gasteiger partial charge in [-0.25, -0.2) is 4.79 Å². The predicted molar refractivity (Wildman–Crippen MR) is 138 cm³/mol. The van der Waals surface area contributed by atoms with E-state index in [0.717, 1.165) is 38.9 Å². The molecule has 1 fully saturated rings. The molecule has 3 rings (SSSR count). The summed E-state index contributed by atoms with van der Waals surface area (Å²) in [6.45, 7) is 7.00. The molecule has 34 heavy (non-hydrogen) atoms. The fourth-order valence-corrected chi connectivity index (χ4v) is 4.66. The van der Waals surface area contributed by atoms with Crippen molar-refractivity contribution in [2.24, 2.45) is 11.8 Å². The largest absolute Gasteiger partial charge is 0.481 e. The highest BCUT2D eigenvalue weighted by Gasteiger charge is 2.24. The maximum Gasteiger partial charge on any atom is 0.319 e. The topological polar surface area (TPSA) is 81.7 Å². The van der Waals surface area contributed by atoms with Gasteiger partial charge in [-0.05, 0) is 79.6 Å². The molecule has 0 unspecified atom stereocenters. The number of urea groups is 1. The summed E-state index contributed by atoms with van der Waals surface area (Å²) in [4.78, 5) is 26.0. The minimum absolute atomic E-state index is 0.00817. The maximum atomic E-state index is 12.6. The third kappa shape index (κ3) is 8.19. The number of amides is 2. The summed E-state index contributed by atoms with van der Waals surface area (Å²) in [7, 11) is 0. The molecule has 0 bridgehead atoms. The molecule has 6 nitrogen and oxygen atoms in total. The van der Waals surface area contributed by atoms with E-state index in [1.165, 1.54) is 5.56 Å². The van der Waals surface area contributed by atoms with Crippen LogP contribution in [0.3, 0.4) is 0 Å². The van der Waals surface area contributed by atoms with Crippen molar-refractivity contribution in [3.8, 4) is 0 Å². The number of hydrogen-bond acceptors (Lipinski definition) is 3. The Hall–Kier alpha value is -2.28. The van der Waals surface area contributed by atoms with Crippen LogP contribution >= 0.6 is 23.2 Å². The van der Waals surface area contributed by atoms with Crippen LogP contribution in [-0.4, -0.2) is 47.7 Å². The average molecular weight is 506 g/mol. The molecule has 8 heteroatoms. The van der Waals surface area contributed by atoms with E-state index in [4.69, 9.17) is 28.3 Å². The van der Waals surface area contributed by atoms with Gasteiger partial charge in [-0.15, -0.1) is 0 Å². The smallest absolute Gasteiger partial charge is 0.319 e. The first-order valence-electron chi connectivity index (χ1n) is 11.7. The molecule has 184 valence electrons. The molecule has 1 heterocycles. The molecule has 2 aromatic rings. The standard InChI is InChI=1S/C26H33Cl2N3O3/c1-17(2)24(30-26(34)29-21-5-3-4-19(13-21)15-25(32)33)16-31-10-8-18(9-11-31)12-20-6-7-22(27)23(28)14-20/h3-7,13-14,17-18,24H,8-12,15-16H2,1-2H3,(H,32,33)(H2,29,30,34)/t24-/m0/s1. The number of piperidine rings is 1. The fourth-order valence-electron chi connectivity index (χ4n) is 4.34. The van der Waals surface area contributed by atoms with E-state index in [1.807, 2.05) is 12.1 Å². The van der Waals surface area contributed by atoms with E-state index >= 15 is 0 Å². The molecule has 1 aliphatic rings. The van der Waals surface area contributed by atoms with Gasteiger partial charge >= 0.3 is 12.0 Å². The van der Waals surface area contributed by atoms with Gasteiger partial charge in [0.1, 0.15) is 0 Å². The van der Waals surface area contributed by atoms with Gasteiger partial charge < -0.3 is 20.6 Å². The fraction of sp³-hybridized carbons (Fsp3) is 0.462. The number of carbonyl (C=O) groups is 2. The summed E-state index contributed by atoms with van der Waals surface area (Å²) < 4.78 is 0. The summed E-state index contributed by atoms with van der Waals surface area (Å²) in [5, 5.41) is 16.1. The number of halogens is 2. The number of anilines is 1. The summed E-state index contributed by atoms with van der Waals surface area (Å²) in [5.74, 6) is -0.0134. The van der Waals surface area contributed by atoms with Crippen LogP contribution < -0.4 is 10.6 Å². The van der Waals surface area contributed by atoms with Crippen LogP contribution in [0, 0.1) is 11.8 Å². The molecule has 0 aromatic heterocycles. The van der Waals surface area contributed by atoms with Gasteiger partial charge in [0.05, 0.1) is 16.5 Å². The molecule has 0 saturated carbocycles. The number of nitrogens with zero attached hydrogens (tertiary/aromatic N) is 1. The molecular formula is C26H33Cl2N3O3. The highest BCUT2D eigenvalue weighted by Crippen LogP contribution is 2.27. The first-order chi connectivity index (χ1) is 16.2. The highest BCUT2D eigenvalue weighted by molar-refractivity contribution is 6.42. The highest BCUT2D eigenvalue weighted by atomic mass is 35.5. The first kappa shape index (κ1) is 26.3. The number of hydrogen-bond donors (Lipinski definition) is 3. The molecule has 1 saturated heterocycles. The molecule has 0 radical (unpaired) electrons. The van der Waals surface area contributed by atoms with E-state index in [-0.39, 0.29) is 24.4 Å². The summed E-state index contributed by atoms with van der Waals surface area (Å²) in [6.07, 6.45) is 3.13. The Kier molecular flexibility index (Phi) is 9.63. The first-order valence-corrected chi connectivity index (χ1v) is 12.5. The van der Waals surface area contributed by atoms with Crippen LogP contribution in [0.5, 0.6) is 0 Å². The second-order valence-corrected chi connectivity index (χ2v) is 10.2. The van der Waals surface area contributed by atoms with Crippen molar-refractivity contribution in [1.82, 2.24) is 10.2 Å². The van der Waals surface area contributed by atoms with Gasteiger partial charge in [0, 0.05) is 18.3 Å². The van der Waals surface area contributed by atoms with Gasteiger partial charge in [0.2, 0.25) is 0 Å². The van der Waals surface area contributed by atoms with E-state index in [9.17, 15) is 9.59 Å². The van der Waals surface area contributed by atoms with Crippen molar-refractivity contribution in [3.05, 3.63) is 63.6 Å². The normalized spacial score (nSPS) is 15.8. The van der Waals surface area contributed by atoms with Crippen molar-refractivity contribution in [2.75, 3.05) is 25.0 Å². The van der Waals surface area contributed by atoms with Gasteiger partial charge in [-0.1, -0.05) is 55.2 Å². The molecule has 0 spiro atoms. The van der Waals surface area contributed by atoms with Crippen molar-refractivity contribution >= 4 is 40.9 Å². The van der Waals surface area contributed by atoms with Crippen molar-refractivity contribution in [2.45, 2.75) is 45.6 Å². The second-order valence-electron chi connectivity index (χ2n) is 9.42. The lowest BCUT2D eigenvalue weighted by atomic mass is 9.89. The number of nitrogens with one attached hydrogen (secondary N) is 2. The third-order valence-corrected chi connectivity index (χ3v) is 7.07. The van der Waals surface area contributed by atoms with Crippen LogP contribution in [0.15, 0.2) is 42.5 Å². The molecular weight excluding hydrogens is 473 g/mol. The minimum atomic E-state index is -0.901. The lowest BCUT2D eigenvalue weighted by Crippen LogP contribution is -2.49. The zero-order chi connectivity index (χ0) is 24.7. The van der Waals surface area contributed by atoms with Crippen molar-refractivity contribution < 1.29 is 14.7 Å². The van der Waals surface area contributed by atoms with Gasteiger partial charge in [0.25, 0.3) is 0 Å². The number of likely N-dealkylation sites (tertiary alicyclic amines) is 1. The van der Waals surface area contributed by atoms with Crippen molar-refractivity contribution in [1.29, 1.82) is 0 Å². The number of aliphatic carboxylic acids is 1. The van der Waals surface area contributed by atoms with Crippen LogP contribution in [-0.2, 0) is 17.6 Å². The predicted octanol–water partition coefficient (Wildman–Crippen LogP) is 5.72. The monoisotopic (exact) mass is 505 g/mol. The Labute approximate surface area is 211 Å². The Morgan fingerprint density at radius 2 is 1.79 bits per heavy atom. The van der Waals surface area contributed by atoms with E-state index in [1.54, 1.807) is 24.3 Å². The summed E-state index contributed by atoms with van der Waals surface area (Å²) >= 11 is 12.2. The number of benzene rings is 2. The van der Waals surface area contributed by atoms with Crippen molar-refractivity contribution in [3.63, 3.8) is 0 Å². The SMILES string of the molecule is CC(C)[C@H](CN1CCC(Cc2ccc(Cl)c(Cl)c2)CC1)NC(=O)Nc1cccc(CC(=O)O)c1. The average Bonchev–Trinajstić information content (AvgIpc) is 2.77. The van der Waals surface area contributed by atoms with E-state index in [0.29, 0.717) is 27.2 Å². The molecule has 2 amide bonds. The number of carboxylic acids is 1. The van der Waals surface area contributed by atoms with Gasteiger partial charge in [-0.2, -0.15) is 0 Å². The zero-order valence-corrected chi connectivity index (χ0v) is 21.2. The van der Waals surface area contributed by atoms with Crippen LogP contribution in [0.4, 0.5) is 10.5 Å². The van der Waals surface area contributed by atoms with E-state index < -0.39 is 5.97 Å². The lowest BCUT2D eigenvalue weighted by molar-refractivity contribution is -0.136. The lowest BCUT2D eigenvalue weighted by Gasteiger charge is -2.35. The quantitative estimate of drug-likeness (QED) is 0.406. The Balaban J connectivity index is 1.48. The number of carbonyl (C=O) groups excluding carboxylic acids is 1. The third-order valence-electron chi connectivity index (χ3n) is 6.33. The van der Waals surface area contributed by atoms with Crippen LogP contribution in [0.2, 0.25) is 10.0 Å².